The number of hydrogen-bond donors (Lipinski definition) is 0. The van der Waals surface area contributed by atoms with Gasteiger partial charge in [0.05, 0.1) is 7.11 Å². The van der Waals surface area contributed by atoms with Crippen LogP contribution in [0.15, 0.2) is 15.3 Å². The Morgan fingerprint density at radius 2 is 2.15 bits per heavy atom. The van der Waals surface area contributed by atoms with Crippen LogP contribution in [0.3, 0.4) is 0 Å². The zero-order valence-electron chi connectivity index (χ0n) is 7.71. The highest BCUT2D eigenvalue weighted by atomic mass is 16.6. The third-order valence-electron chi connectivity index (χ3n) is 1.66. The lowest BCUT2D eigenvalue weighted by Crippen LogP contribution is -2.07. The van der Waals surface area contributed by atoms with Crippen molar-refractivity contribution in [3.63, 3.8) is 0 Å². The Morgan fingerprint density at radius 3 is 2.62 bits per heavy atom. The lowest BCUT2D eigenvalue weighted by Gasteiger charge is -2.04. The Morgan fingerprint density at radius 1 is 1.54 bits per heavy atom. The number of ether oxygens (including phenoxy) is 1. The van der Waals surface area contributed by atoms with E-state index < -0.39 is 5.63 Å². The van der Waals surface area contributed by atoms with E-state index in [9.17, 15) is 9.59 Å². The molecule has 0 spiro atoms. The fraction of sp³-hybridized carbons (Fsp3) is 0.333. The molecule has 0 aromatic carbocycles. The minimum atomic E-state index is -0.514. The molecule has 0 aliphatic rings. The molecule has 0 amide bonds. The predicted octanol–water partition coefficient (Wildman–Crippen LogP) is 1.16. The molecular weight excluding hydrogens is 172 g/mol. The van der Waals surface area contributed by atoms with Gasteiger partial charge >= 0.3 is 5.63 Å². The lowest BCUT2D eigenvalue weighted by atomic mass is 10.1. The van der Waals surface area contributed by atoms with Gasteiger partial charge in [0.2, 0.25) is 0 Å². The van der Waals surface area contributed by atoms with Gasteiger partial charge in [0, 0.05) is 6.07 Å². The molecule has 0 aliphatic heterocycles. The summed E-state index contributed by atoms with van der Waals surface area (Å²) >= 11 is 0. The van der Waals surface area contributed by atoms with E-state index in [0.29, 0.717) is 11.1 Å². The molecule has 13 heavy (non-hydrogen) atoms. The van der Waals surface area contributed by atoms with Gasteiger partial charge in [-0.25, -0.2) is 4.79 Å². The van der Waals surface area contributed by atoms with Gasteiger partial charge < -0.3 is 9.15 Å². The highest BCUT2D eigenvalue weighted by molar-refractivity contribution is 5.97. The van der Waals surface area contributed by atoms with Crippen LogP contribution in [0, 0.1) is 6.92 Å². The van der Waals surface area contributed by atoms with Crippen molar-refractivity contribution >= 4 is 5.78 Å². The highest BCUT2D eigenvalue weighted by Gasteiger charge is 2.14. The van der Waals surface area contributed by atoms with E-state index in [1.165, 1.54) is 20.1 Å². The van der Waals surface area contributed by atoms with E-state index in [-0.39, 0.29) is 11.7 Å². The first kappa shape index (κ1) is 9.51. The summed E-state index contributed by atoms with van der Waals surface area (Å²) in [4.78, 5) is 22.0. The summed E-state index contributed by atoms with van der Waals surface area (Å²) in [5, 5.41) is 0. The van der Waals surface area contributed by atoms with E-state index >= 15 is 0 Å². The van der Waals surface area contributed by atoms with Gasteiger partial charge in [-0.05, 0) is 19.4 Å². The zero-order valence-corrected chi connectivity index (χ0v) is 7.71. The third-order valence-corrected chi connectivity index (χ3v) is 1.66. The fourth-order valence-corrected chi connectivity index (χ4v) is 1.15. The van der Waals surface area contributed by atoms with Crippen LogP contribution in [0.5, 0.6) is 5.95 Å². The molecule has 0 aliphatic carbocycles. The maximum absolute atomic E-state index is 11.1. The van der Waals surface area contributed by atoms with Gasteiger partial charge in [0.1, 0.15) is 5.56 Å². The second-order valence-corrected chi connectivity index (χ2v) is 2.67. The predicted molar refractivity (Wildman–Crippen MR) is 46.3 cm³/mol. The first-order valence-electron chi connectivity index (χ1n) is 3.76. The largest absolute Gasteiger partial charge is 0.468 e. The molecular formula is C9H10O4. The number of rotatable bonds is 2. The summed E-state index contributed by atoms with van der Waals surface area (Å²) in [5.74, 6) is -0.199. The van der Waals surface area contributed by atoms with Crippen molar-refractivity contribution < 1.29 is 13.9 Å². The molecule has 0 saturated carbocycles. The van der Waals surface area contributed by atoms with Crippen molar-refractivity contribution in [2.75, 3.05) is 7.11 Å². The van der Waals surface area contributed by atoms with Gasteiger partial charge in [-0.1, -0.05) is 0 Å². The maximum atomic E-state index is 11.1. The van der Waals surface area contributed by atoms with Crippen LogP contribution in [0.4, 0.5) is 0 Å². The maximum Gasteiger partial charge on any atom is 0.338 e. The Bertz CT molecular complexity index is 389. The molecule has 0 radical (unpaired) electrons. The van der Waals surface area contributed by atoms with Gasteiger partial charge in [0.25, 0.3) is 5.95 Å². The molecule has 0 atom stereocenters. The Kier molecular flexibility index (Phi) is 2.51. The summed E-state index contributed by atoms with van der Waals surface area (Å²) in [6.07, 6.45) is 0. The van der Waals surface area contributed by atoms with Crippen molar-refractivity contribution in [3.05, 3.63) is 27.6 Å². The van der Waals surface area contributed by atoms with Crippen LogP contribution < -0.4 is 10.4 Å². The first-order valence-corrected chi connectivity index (χ1v) is 3.76. The summed E-state index contributed by atoms with van der Waals surface area (Å²) in [6, 6.07) is 1.26. The molecule has 4 heteroatoms. The molecule has 4 nitrogen and oxygen atoms in total. The van der Waals surface area contributed by atoms with Crippen molar-refractivity contribution in [2.45, 2.75) is 13.8 Å². The minimum Gasteiger partial charge on any atom is -0.468 e. The molecule has 0 unspecified atom stereocenters. The van der Waals surface area contributed by atoms with Crippen LogP contribution in [0.2, 0.25) is 0 Å². The SMILES string of the molecule is COc1oc(=O)cc(C)c1C(C)=O. The Hall–Kier alpha value is -1.58. The molecule has 1 aromatic rings. The topological polar surface area (TPSA) is 56.5 Å². The second kappa shape index (κ2) is 3.43. The van der Waals surface area contributed by atoms with Crippen LogP contribution in [0.1, 0.15) is 22.8 Å². The van der Waals surface area contributed by atoms with Crippen molar-refractivity contribution in [1.29, 1.82) is 0 Å². The molecule has 1 rings (SSSR count). The number of ketones is 1. The van der Waals surface area contributed by atoms with E-state index in [1.54, 1.807) is 6.92 Å². The van der Waals surface area contributed by atoms with Crippen molar-refractivity contribution in [1.82, 2.24) is 0 Å². The summed E-state index contributed by atoms with van der Waals surface area (Å²) in [5.41, 5.74) is 0.377. The summed E-state index contributed by atoms with van der Waals surface area (Å²) < 4.78 is 9.48. The van der Waals surface area contributed by atoms with E-state index in [4.69, 9.17) is 9.15 Å². The molecule has 0 N–H and O–H groups in total. The number of carbonyl (C=O) groups is 1. The van der Waals surface area contributed by atoms with Gasteiger partial charge in [-0.2, -0.15) is 0 Å². The third kappa shape index (κ3) is 1.77. The summed E-state index contributed by atoms with van der Waals surface area (Å²) in [6.45, 7) is 3.06. The van der Waals surface area contributed by atoms with Crippen LogP contribution in [-0.4, -0.2) is 12.9 Å². The average Bonchev–Trinajstić information content (AvgIpc) is 2.01. The quantitative estimate of drug-likeness (QED) is 0.644. The van der Waals surface area contributed by atoms with Crippen molar-refractivity contribution in [3.8, 4) is 5.95 Å². The van der Waals surface area contributed by atoms with Gasteiger partial charge in [-0.3, -0.25) is 4.79 Å². The van der Waals surface area contributed by atoms with E-state index in [1.807, 2.05) is 0 Å². The molecule has 0 saturated heterocycles. The summed E-state index contributed by atoms with van der Waals surface area (Å²) in [7, 11) is 1.35. The van der Waals surface area contributed by atoms with E-state index in [0.717, 1.165) is 0 Å². The van der Waals surface area contributed by atoms with Crippen LogP contribution in [-0.2, 0) is 0 Å². The Labute approximate surface area is 75.1 Å². The zero-order chi connectivity index (χ0) is 10.0. The number of methoxy groups -OCH3 is 1. The minimum absolute atomic E-state index is 0.0162. The number of carbonyl (C=O) groups excluding carboxylic acids is 1. The molecule has 1 heterocycles. The van der Waals surface area contributed by atoms with E-state index in [2.05, 4.69) is 0 Å². The number of hydrogen-bond acceptors (Lipinski definition) is 4. The van der Waals surface area contributed by atoms with Crippen LogP contribution >= 0.6 is 0 Å². The smallest absolute Gasteiger partial charge is 0.338 e. The standard InChI is InChI=1S/C9H10O4/c1-5-4-7(11)13-9(12-3)8(5)6(2)10/h4H,1-3H3. The van der Waals surface area contributed by atoms with Gasteiger partial charge in [0.15, 0.2) is 5.78 Å². The van der Waals surface area contributed by atoms with Crippen molar-refractivity contribution in [2.24, 2.45) is 0 Å². The Balaban J connectivity index is 3.47. The number of Topliss-reactive ketones (excluding diaryl/α,β-unsaturated/α-hetero) is 1. The monoisotopic (exact) mass is 182 g/mol. The van der Waals surface area contributed by atoms with Crippen LogP contribution in [0.25, 0.3) is 0 Å². The van der Waals surface area contributed by atoms with Gasteiger partial charge in [-0.15, -0.1) is 0 Å². The first-order chi connectivity index (χ1) is 6.06. The normalized spacial score (nSPS) is 9.77. The lowest BCUT2D eigenvalue weighted by molar-refractivity contribution is 0.100. The molecule has 1 aromatic heterocycles. The number of aryl methyl sites for hydroxylation is 1. The molecule has 0 bridgehead atoms. The average molecular weight is 182 g/mol. The molecule has 70 valence electrons. The second-order valence-electron chi connectivity index (χ2n) is 2.67. The highest BCUT2D eigenvalue weighted by Crippen LogP contribution is 2.19. The fourth-order valence-electron chi connectivity index (χ4n) is 1.15. The molecule has 0 fully saturated rings.